The predicted molar refractivity (Wildman–Crippen MR) is 171 cm³/mol. The lowest BCUT2D eigenvalue weighted by Crippen LogP contribution is -2.33. The van der Waals surface area contributed by atoms with Gasteiger partial charge in [0, 0.05) is 40.7 Å². The number of hydrogen-bond acceptors (Lipinski definition) is 7. The van der Waals surface area contributed by atoms with Gasteiger partial charge in [0.05, 0.1) is 16.6 Å². The van der Waals surface area contributed by atoms with E-state index in [9.17, 15) is 19.2 Å². The molecule has 11 heteroatoms. The topological polar surface area (TPSA) is 91.7 Å². The van der Waals surface area contributed by atoms with Crippen molar-refractivity contribution >= 4 is 73.8 Å². The number of hydrogen-bond donors (Lipinski definition) is 1. The molecule has 6 rings (SSSR count). The SMILES string of the molecule is Cc1ccc(NC(=O)Cn2c3c(sc2=O)C(c2ccc(N(C)C)cc2)C2C(=O)N(c4ccc(Br)cc4)C(=O)C2S3)cc1. The van der Waals surface area contributed by atoms with Crippen molar-refractivity contribution in [3.8, 4) is 0 Å². The zero-order valence-corrected chi connectivity index (χ0v) is 26.3. The lowest BCUT2D eigenvalue weighted by molar-refractivity contribution is -0.122. The van der Waals surface area contributed by atoms with Crippen LogP contribution >= 0.6 is 39.0 Å². The monoisotopic (exact) mass is 662 g/mol. The van der Waals surface area contributed by atoms with Crippen molar-refractivity contribution in [3.63, 3.8) is 0 Å². The van der Waals surface area contributed by atoms with E-state index >= 15 is 0 Å². The Balaban J connectivity index is 1.41. The summed E-state index contributed by atoms with van der Waals surface area (Å²) in [6.07, 6.45) is 0. The van der Waals surface area contributed by atoms with E-state index in [-0.39, 0.29) is 29.1 Å². The third kappa shape index (κ3) is 5.10. The summed E-state index contributed by atoms with van der Waals surface area (Å²) in [5.41, 5.74) is 4.04. The smallest absolute Gasteiger partial charge is 0.308 e. The Labute approximate surface area is 259 Å². The number of nitrogens with one attached hydrogen (secondary N) is 1. The highest BCUT2D eigenvalue weighted by Gasteiger charge is 2.56. The lowest BCUT2D eigenvalue weighted by Gasteiger charge is -2.31. The maximum atomic E-state index is 14.0. The molecule has 1 fully saturated rings. The van der Waals surface area contributed by atoms with E-state index in [0.717, 1.165) is 32.6 Å². The molecule has 0 bridgehead atoms. The number of anilines is 3. The molecular weight excluding hydrogens is 636 g/mol. The Bertz CT molecular complexity index is 1750. The molecule has 3 aromatic carbocycles. The number of fused-ring (bicyclic) bond motifs is 2. The number of thioether (sulfide) groups is 1. The van der Waals surface area contributed by atoms with Crippen molar-refractivity contribution in [2.75, 3.05) is 29.2 Å². The van der Waals surface area contributed by atoms with E-state index in [4.69, 9.17) is 0 Å². The highest BCUT2D eigenvalue weighted by atomic mass is 79.9. The van der Waals surface area contributed by atoms with E-state index in [1.54, 1.807) is 24.3 Å². The average molecular weight is 664 g/mol. The van der Waals surface area contributed by atoms with Gasteiger partial charge in [-0.1, -0.05) is 68.9 Å². The van der Waals surface area contributed by atoms with Crippen molar-refractivity contribution < 1.29 is 14.4 Å². The van der Waals surface area contributed by atoms with E-state index < -0.39 is 17.1 Å². The molecule has 1 N–H and O–H groups in total. The number of nitrogens with zero attached hydrogens (tertiary/aromatic N) is 3. The van der Waals surface area contributed by atoms with Gasteiger partial charge in [-0.3, -0.25) is 23.7 Å². The Hall–Kier alpha value is -3.67. The van der Waals surface area contributed by atoms with E-state index in [1.165, 1.54) is 21.2 Å². The second-order valence-corrected chi connectivity index (χ2v) is 13.6. The van der Waals surface area contributed by atoms with Crippen molar-refractivity contribution in [2.45, 2.75) is 29.7 Å². The third-order valence-corrected chi connectivity index (χ3v) is 10.7. The van der Waals surface area contributed by atoms with Gasteiger partial charge < -0.3 is 10.2 Å². The number of aromatic nitrogens is 1. The molecule has 2 aliphatic heterocycles. The van der Waals surface area contributed by atoms with Crippen LogP contribution in [0, 0.1) is 12.8 Å². The van der Waals surface area contributed by atoms with Crippen LogP contribution in [-0.2, 0) is 20.9 Å². The summed E-state index contributed by atoms with van der Waals surface area (Å²) >= 11 is 5.66. The van der Waals surface area contributed by atoms with Crippen LogP contribution in [0.2, 0.25) is 0 Å². The van der Waals surface area contributed by atoms with E-state index in [0.29, 0.717) is 21.3 Å². The quantitative estimate of drug-likeness (QED) is 0.275. The molecule has 0 spiro atoms. The first-order valence-corrected chi connectivity index (χ1v) is 15.8. The minimum Gasteiger partial charge on any atom is -0.378 e. The van der Waals surface area contributed by atoms with Crippen LogP contribution in [0.15, 0.2) is 87.1 Å². The number of thiazole rings is 1. The minimum atomic E-state index is -0.743. The molecule has 42 heavy (non-hydrogen) atoms. The molecule has 3 amide bonds. The summed E-state index contributed by atoms with van der Waals surface area (Å²) in [6, 6.07) is 22.3. The Morgan fingerprint density at radius 2 is 1.60 bits per heavy atom. The summed E-state index contributed by atoms with van der Waals surface area (Å²) in [4.78, 5) is 58.0. The van der Waals surface area contributed by atoms with Crippen LogP contribution in [-0.4, -0.2) is 41.6 Å². The number of rotatable bonds is 6. The first kappa shape index (κ1) is 28.4. The average Bonchev–Trinajstić information content (AvgIpc) is 3.41. The lowest BCUT2D eigenvalue weighted by atomic mass is 9.83. The Kier molecular flexibility index (Phi) is 7.59. The van der Waals surface area contributed by atoms with Gasteiger partial charge in [-0.15, -0.1) is 0 Å². The van der Waals surface area contributed by atoms with Gasteiger partial charge >= 0.3 is 4.87 Å². The Morgan fingerprint density at radius 3 is 2.24 bits per heavy atom. The molecule has 2 aliphatic rings. The number of aryl methyl sites for hydroxylation is 1. The molecule has 1 aromatic heterocycles. The third-order valence-electron chi connectivity index (χ3n) is 7.54. The first-order valence-electron chi connectivity index (χ1n) is 13.3. The summed E-state index contributed by atoms with van der Waals surface area (Å²) in [6.45, 7) is 1.76. The van der Waals surface area contributed by atoms with Gasteiger partial charge in [0.15, 0.2) is 0 Å². The van der Waals surface area contributed by atoms with Crippen LogP contribution in [0.1, 0.15) is 21.9 Å². The molecule has 3 atom stereocenters. The number of amides is 3. The van der Waals surface area contributed by atoms with Crippen LogP contribution in [0.4, 0.5) is 17.1 Å². The second-order valence-electron chi connectivity index (χ2n) is 10.6. The molecule has 0 aliphatic carbocycles. The predicted octanol–water partition coefficient (Wildman–Crippen LogP) is 5.48. The molecule has 0 radical (unpaired) electrons. The largest absolute Gasteiger partial charge is 0.378 e. The van der Waals surface area contributed by atoms with Crippen LogP contribution < -0.4 is 20.0 Å². The summed E-state index contributed by atoms with van der Waals surface area (Å²) in [5.74, 6) is -2.18. The molecular formula is C31H27BrN4O4S2. The molecule has 214 valence electrons. The fourth-order valence-corrected chi connectivity index (χ4v) is 8.46. The zero-order chi connectivity index (χ0) is 29.7. The maximum absolute atomic E-state index is 14.0. The highest BCUT2D eigenvalue weighted by Crippen LogP contribution is 2.54. The maximum Gasteiger partial charge on any atom is 0.308 e. The number of carbonyl (C=O) groups is 3. The highest BCUT2D eigenvalue weighted by molar-refractivity contribution is 9.10. The molecule has 3 heterocycles. The Morgan fingerprint density at radius 1 is 0.929 bits per heavy atom. The zero-order valence-electron chi connectivity index (χ0n) is 23.0. The van der Waals surface area contributed by atoms with Gasteiger partial charge in [-0.25, -0.2) is 4.90 Å². The van der Waals surface area contributed by atoms with Crippen molar-refractivity contribution in [3.05, 3.63) is 103 Å². The van der Waals surface area contributed by atoms with Crippen LogP contribution in [0.25, 0.3) is 0 Å². The molecule has 1 saturated heterocycles. The van der Waals surface area contributed by atoms with Gasteiger partial charge in [-0.05, 0) is 61.0 Å². The molecule has 3 unspecified atom stereocenters. The second kappa shape index (κ2) is 11.2. The first-order chi connectivity index (χ1) is 20.1. The number of benzene rings is 3. The fraction of sp³-hybridized carbons (Fsp3) is 0.226. The van der Waals surface area contributed by atoms with Gasteiger partial charge in [0.1, 0.15) is 11.8 Å². The number of halogens is 1. The fourth-order valence-electron chi connectivity index (χ4n) is 5.42. The normalized spacial score (nSPS) is 19.4. The number of imide groups is 1. The van der Waals surface area contributed by atoms with Crippen molar-refractivity contribution in [2.24, 2.45) is 5.92 Å². The summed E-state index contributed by atoms with van der Waals surface area (Å²) in [7, 11) is 3.90. The van der Waals surface area contributed by atoms with E-state index in [1.807, 2.05) is 74.4 Å². The molecule has 4 aromatic rings. The van der Waals surface area contributed by atoms with Gasteiger partial charge in [-0.2, -0.15) is 0 Å². The van der Waals surface area contributed by atoms with Crippen molar-refractivity contribution in [1.82, 2.24) is 4.57 Å². The van der Waals surface area contributed by atoms with Crippen LogP contribution in [0.5, 0.6) is 0 Å². The number of carbonyl (C=O) groups excluding carboxylic acids is 3. The van der Waals surface area contributed by atoms with Crippen LogP contribution in [0.3, 0.4) is 0 Å². The molecule has 0 saturated carbocycles. The van der Waals surface area contributed by atoms with Gasteiger partial charge in [0.2, 0.25) is 17.7 Å². The standard InChI is InChI=1S/C31H27BrN4O4S2/c1-17-4-10-20(11-5-17)33-23(37)16-35-30-27(42-31(35)40)24(18-6-12-21(13-7-18)34(2)3)25-26(41-30)29(39)36(28(25)38)22-14-8-19(32)9-15-22/h4-15,24-26H,16H2,1-3H3,(H,33,37). The van der Waals surface area contributed by atoms with Crippen molar-refractivity contribution in [1.29, 1.82) is 0 Å². The minimum absolute atomic E-state index is 0.201. The van der Waals surface area contributed by atoms with E-state index in [2.05, 4.69) is 21.2 Å². The molecule has 8 nitrogen and oxygen atoms in total. The van der Waals surface area contributed by atoms with Gasteiger partial charge in [0.25, 0.3) is 0 Å². The summed E-state index contributed by atoms with van der Waals surface area (Å²) < 4.78 is 2.28. The summed E-state index contributed by atoms with van der Waals surface area (Å²) in [5, 5.41) is 2.67.